The molecule has 3 nitrogen and oxygen atoms in total. The van der Waals surface area contributed by atoms with Crippen molar-refractivity contribution in [2.75, 3.05) is 0 Å². The average molecular weight is 204 g/mol. The van der Waals surface area contributed by atoms with Gasteiger partial charge in [0, 0.05) is 12.5 Å². The Bertz CT molecular complexity index is 376. The van der Waals surface area contributed by atoms with E-state index in [-0.39, 0.29) is 18.0 Å². The number of amides is 1. The molecule has 0 heterocycles. The second-order valence-corrected chi connectivity index (χ2v) is 3.97. The zero-order valence-electron chi connectivity index (χ0n) is 8.86. The molecule has 1 aliphatic carbocycles. The van der Waals surface area contributed by atoms with Gasteiger partial charge < -0.3 is 11.1 Å². The largest absolute Gasteiger partial charge is 0.348 e. The Kier molecular flexibility index (Phi) is 2.73. The maximum Gasteiger partial charge on any atom is 0.220 e. The Morgan fingerprint density at radius 3 is 3.00 bits per heavy atom. The minimum Gasteiger partial charge on any atom is -0.348 e. The van der Waals surface area contributed by atoms with Gasteiger partial charge in [-0.2, -0.15) is 0 Å². The van der Waals surface area contributed by atoms with Crippen LogP contribution in [0.1, 0.15) is 30.5 Å². The van der Waals surface area contributed by atoms with Crippen molar-refractivity contribution in [2.45, 2.75) is 31.8 Å². The number of rotatable bonds is 2. The summed E-state index contributed by atoms with van der Waals surface area (Å²) < 4.78 is 0. The molecule has 2 atom stereocenters. The van der Waals surface area contributed by atoms with Gasteiger partial charge in [0.05, 0.1) is 6.04 Å². The molecule has 2 unspecified atom stereocenters. The van der Waals surface area contributed by atoms with Crippen molar-refractivity contribution in [1.29, 1.82) is 0 Å². The Balaban J connectivity index is 2.22. The van der Waals surface area contributed by atoms with E-state index in [1.54, 1.807) is 0 Å². The van der Waals surface area contributed by atoms with Gasteiger partial charge in [0.2, 0.25) is 5.91 Å². The van der Waals surface area contributed by atoms with Gasteiger partial charge in [-0.3, -0.25) is 4.79 Å². The second kappa shape index (κ2) is 4.03. The van der Waals surface area contributed by atoms with E-state index < -0.39 is 0 Å². The molecule has 3 N–H and O–H groups in total. The number of benzene rings is 1. The number of carbonyl (C=O) groups is 1. The molecule has 1 aliphatic rings. The molecule has 80 valence electrons. The number of fused-ring (bicyclic) bond motifs is 1. The van der Waals surface area contributed by atoms with Crippen LogP contribution in [-0.4, -0.2) is 11.9 Å². The number of nitrogens with two attached hydrogens (primary N) is 1. The van der Waals surface area contributed by atoms with E-state index >= 15 is 0 Å². The van der Waals surface area contributed by atoms with Gasteiger partial charge in [0.25, 0.3) is 0 Å². The van der Waals surface area contributed by atoms with Crippen LogP contribution < -0.4 is 11.1 Å². The van der Waals surface area contributed by atoms with Crippen molar-refractivity contribution in [3.05, 3.63) is 35.4 Å². The smallest absolute Gasteiger partial charge is 0.220 e. The summed E-state index contributed by atoms with van der Waals surface area (Å²) in [7, 11) is 0. The van der Waals surface area contributed by atoms with E-state index in [1.807, 2.05) is 25.1 Å². The lowest BCUT2D eigenvalue weighted by atomic mass is 10.1. The van der Waals surface area contributed by atoms with Crippen molar-refractivity contribution >= 4 is 5.91 Å². The van der Waals surface area contributed by atoms with Crippen LogP contribution in [0.5, 0.6) is 0 Å². The molecule has 0 spiro atoms. The number of carbonyl (C=O) groups excluding carboxylic acids is 1. The highest BCUT2D eigenvalue weighted by Crippen LogP contribution is 2.29. The Labute approximate surface area is 89.7 Å². The molecule has 3 heteroatoms. The van der Waals surface area contributed by atoms with Gasteiger partial charge in [0.1, 0.15) is 0 Å². The molecule has 0 aromatic heterocycles. The van der Waals surface area contributed by atoms with E-state index in [4.69, 9.17) is 5.73 Å². The lowest BCUT2D eigenvalue weighted by Gasteiger charge is -2.18. The molecule has 2 rings (SSSR count). The fourth-order valence-electron chi connectivity index (χ4n) is 2.09. The van der Waals surface area contributed by atoms with E-state index in [1.165, 1.54) is 11.1 Å². The molecule has 0 radical (unpaired) electrons. The zero-order chi connectivity index (χ0) is 10.8. The fourth-order valence-corrected chi connectivity index (χ4v) is 2.09. The Morgan fingerprint density at radius 1 is 1.53 bits per heavy atom. The van der Waals surface area contributed by atoms with Crippen LogP contribution in [-0.2, 0) is 11.2 Å². The quantitative estimate of drug-likeness (QED) is 0.759. The Hall–Kier alpha value is -1.35. The van der Waals surface area contributed by atoms with Gasteiger partial charge >= 0.3 is 0 Å². The predicted octanol–water partition coefficient (Wildman–Crippen LogP) is 1.14. The first-order chi connectivity index (χ1) is 7.22. The maximum atomic E-state index is 11.4. The number of hydrogen-bond acceptors (Lipinski definition) is 2. The molecule has 1 amide bonds. The number of hydrogen-bond donors (Lipinski definition) is 2. The standard InChI is InChI=1S/C12H16N2O/c1-2-11(15)14-12-9-6-4-3-5-8(9)7-10(12)13/h3-6,10,12H,2,7,13H2,1H3,(H,14,15). The van der Waals surface area contributed by atoms with E-state index in [0.717, 1.165) is 6.42 Å². The highest BCUT2D eigenvalue weighted by molar-refractivity contribution is 5.76. The molecule has 1 aromatic carbocycles. The van der Waals surface area contributed by atoms with E-state index in [9.17, 15) is 4.79 Å². The van der Waals surface area contributed by atoms with Crippen molar-refractivity contribution in [3.63, 3.8) is 0 Å². The summed E-state index contributed by atoms with van der Waals surface area (Å²) in [6, 6.07) is 8.12. The summed E-state index contributed by atoms with van der Waals surface area (Å²) in [5.41, 5.74) is 8.45. The summed E-state index contributed by atoms with van der Waals surface area (Å²) in [5, 5.41) is 2.97. The molecule has 0 bridgehead atoms. The minimum absolute atomic E-state index is 0.00588. The van der Waals surface area contributed by atoms with Crippen molar-refractivity contribution in [1.82, 2.24) is 5.32 Å². The third-order valence-corrected chi connectivity index (χ3v) is 2.91. The topological polar surface area (TPSA) is 55.1 Å². The normalized spacial score (nSPS) is 23.6. The summed E-state index contributed by atoms with van der Waals surface area (Å²) >= 11 is 0. The molecule has 0 saturated carbocycles. The highest BCUT2D eigenvalue weighted by atomic mass is 16.1. The minimum atomic E-state index is -0.00588. The van der Waals surface area contributed by atoms with Crippen molar-refractivity contribution < 1.29 is 4.79 Å². The van der Waals surface area contributed by atoms with Crippen LogP contribution in [0.3, 0.4) is 0 Å². The average Bonchev–Trinajstić information content (AvgIpc) is 2.55. The van der Waals surface area contributed by atoms with E-state index in [0.29, 0.717) is 6.42 Å². The van der Waals surface area contributed by atoms with Crippen LogP contribution in [0.15, 0.2) is 24.3 Å². The maximum absolute atomic E-state index is 11.4. The lowest BCUT2D eigenvalue weighted by Crippen LogP contribution is -2.38. The molecule has 0 saturated heterocycles. The van der Waals surface area contributed by atoms with E-state index in [2.05, 4.69) is 11.4 Å². The second-order valence-electron chi connectivity index (χ2n) is 3.97. The lowest BCUT2D eigenvalue weighted by molar-refractivity contribution is -0.121. The first kappa shape index (κ1) is 10.2. The molecule has 15 heavy (non-hydrogen) atoms. The summed E-state index contributed by atoms with van der Waals surface area (Å²) in [4.78, 5) is 11.4. The summed E-state index contributed by atoms with van der Waals surface area (Å²) in [6.07, 6.45) is 1.36. The SMILES string of the molecule is CCC(=O)NC1c2ccccc2CC1N. The van der Waals surface area contributed by atoms with Gasteiger partial charge in [-0.25, -0.2) is 0 Å². The first-order valence-electron chi connectivity index (χ1n) is 5.35. The van der Waals surface area contributed by atoms with Gasteiger partial charge in [-0.1, -0.05) is 31.2 Å². The molecular weight excluding hydrogens is 188 g/mol. The first-order valence-corrected chi connectivity index (χ1v) is 5.35. The van der Waals surface area contributed by atoms with Crippen molar-refractivity contribution in [2.24, 2.45) is 5.73 Å². The van der Waals surface area contributed by atoms with Crippen LogP contribution in [0.25, 0.3) is 0 Å². The van der Waals surface area contributed by atoms with Gasteiger partial charge in [-0.15, -0.1) is 0 Å². The predicted molar refractivity (Wildman–Crippen MR) is 59.3 cm³/mol. The monoisotopic (exact) mass is 204 g/mol. The molecule has 0 fully saturated rings. The van der Waals surface area contributed by atoms with Crippen molar-refractivity contribution in [3.8, 4) is 0 Å². The Morgan fingerprint density at radius 2 is 2.27 bits per heavy atom. The summed E-state index contributed by atoms with van der Waals surface area (Å²) in [6.45, 7) is 1.85. The van der Waals surface area contributed by atoms with Gasteiger partial charge in [-0.05, 0) is 17.5 Å². The molecule has 1 aromatic rings. The fraction of sp³-hybridized carbons (Fsp3) is 0.417. The van der Waals surface area contributed by atoms with Crippen LogP contribution in [0.2, 0.25) is 0 Å². The zero-order valence-corrected chi connectivity index (χ0v) is 8.86. The van der Waals surface area contributed by atoms with Gasteiger partial charge in [0.15, 0.2) is 0 Å². The summed E-state index contributed by atoms with van der Waals surface area (Å²) in [5.74, 6) is 0.0622. The van der Waals surface area contributed by atoms with Crippen LogP contribution in [0, 0.1) is 0 Å². The third kappa shape index (κ3) is 1.88. The van der Waals surface area contributed by atoms with Crippen LogP contribution in [0.4, 0.5) is 0 Å². The number of nitrogens with one attached hydrogen (secondary N) is 1. The molecular formula is C12H16N2O. The third-order valence-electron chi connectivity index (χ3n) is 2.91. The highest BCUT2D eigenvalue weighted by Gasteiger charge is 2.30. The van der Waals surface area contributed by atoms with Crippen LogP contribution >= 0.6 is 0 Å². The molecule has 0 aliphatic heterocycles.